The lowest BCUT2D eigenvalue weighted by Crippen LogP contribution is -2.50. The van der Waals surface area contributed by atoms with Crippen molar-refractivity contribution in [2.75, 3.05) is 26.1 Å². The quantitative estimate of drug-likeness (QED) is 0.111. The number of aliphatic hydroxyl groups excluding tert-OH is 2. The van der Waals surface area contributed by atoms with Gasteiger partial charge in [0.25, 0.3) is 0 Å². The smallest absolute Gasteiger partial charge is 0.459 e. The number of para-hydroxylation sites is 1. The van der Waals surface area contributed by atoms with Gasteiger partial charge in [-0.25, -0.2) is 14.1 Å². The fraction of sp³-hybridized carbons (Fsp3) is 0.310. The molecule has 4 rings (SSSR count). The number of esters is 1. The fourth-order valence-corrected chi connectivity index (χ4v) is 5.90. The molecule has 0 radical (unpaired) electrons. The van der Waals surface area contributed by atoms with Crippen molar-refractivity contribution < 1.29 is 38.1 Å². The van der Waals surface area contributed by atoms with Crippen LogP contribution in [0.4, 0.5) is 5.82 Å². The van der Waals surface area contributed by atoms with Gasteiger partial charge in [0.1, 0.15) is 48.5 Å². The number of aromatic nitrogens is 3. The first-order chi connectivity index (χ1) is 21.1. The molecular weight excluding hydrogens is 591 g/mol. The van der Waals surface area contributed by atoms with Crippen molar-refractivity contribution in [3.8, 4) is 11.8 Å². The number of hydrogen-bond donors (Lipinski definition) is 4. The Labute approximate surface area is 253 Å². The predicted octanol–water partition coefficient (Wildman–Crippen LogP) is 2.58. The molecule has 0 spiro atoms. The molecule has 4 aromatic rings. The van der Waals surface area contributed by atoms with Crippen LogP contribution in [0.2, 0.25) is 0 Å². The van der Waals surface area contributed by atoms with Crippen LogP contribution in [0.25, 0.3) is 5.52 Å². The number of fused-ring (bicyclic) bond motifs is 1. The summed E-state index contributed by atoms with van der Waals surface area (Å²) < 4.78 is 37.6. The van der Waals surface area contributed by atoms with Gasteiger partial charge in [-0.05, 0) is 43.2 Å². The van der Waals surface area contributed by atoms with Crippen LogP contribution in [-0.4, -0.2) is 68.9 Å². The van der Waals surface area contributed by atoms with Crippen LogP contribution >= 0.6 is 7.75 Å². The molecule has 2 aromatic heterocycles. The lowest BCUT2D eigenvalue weighted by molar-refractivity contribution is -0.145. The van der Waals surface area contributed by atoms with Gasteiger partial charge in [0.2, 0.25) is 5.60 Å². The number of methoxy groups -OCH3 is 1. The molecule has 0 aliphatic rings. The van der Waals surface area contributed by atoms with E-state index in [0.717, 1.165) is 12.7 Å². The zero-order valence-corrected chi connectivity index (χ0v) is 24.9. The van der Waals surface area contributed by atoms with Crippen LogP contribution in [-0.2, 0) is 29.8 Å². The maximum absolute atomic E-state index is 14.3. The van der Waals surface area contributed by atoms with Crippen molar-refractivity contribution in [2.24, 2.45) is 0 Å². The van der Waals surface area contributed by atoms with Crippen LogP contribution in [0.3, 0.4) is 0 Å². The Kier molecular flexibility index (Phi) is 10.7. The van der Waals surface area contributed by atoms with E-state index in [4.69, 9.17) is 24.3 Å². The summed E-state index contributed by atoms with van der Waals surface area (Å²) in [5.74, 6) is -0.457. The molecule has 0 saturated heterocycles. The fourth-order valence-electron chi connectivity index (χ4n) is 4.38. The molecule has 0 saturated carbocycles. The number of benzene rings is 2. The van der Waals surface area contributed by atoms with E-state index in [1.807, 2.05) is 12.1 Å². The van der Waals surface area contributed by atoms with Gasteiger partial charge in [-0.1, -0.05) is 48.5 Å². The molecule has 44 heavy (non-hydrogen) atoms. The number of nitrogens with zero attached hydrogens (tertiary/aromatic N) is 4. The molecule has 2 heterocycles. The van der Waals surface area contributed by atoms with E-state index in [2.05, 4.69) is 15.2 Å². The van der Waals surface area contributed by atoms with Crippen molar-refractivity contribution in [3.63, 3.8) is 0 Å². The summed E-state index contributed by atoms with van der Waals surface area (Å²) in [5.41, 5.74) is 4.76. The van der Waals surface area contributed by atoms with Gasteiger partial charge in [0.05, 0.1) is 12.3 Å². The topological polar surface area (TPSA) is 204 Å². The monoisotopic (exact) mass is 624 g/mol. The number of aliphatic hydroxyl groups is 2. The van der Waals surface area contributed by atoms with Gasteiger partial charge in [0.15, 0.2) is 5.82 Å². The molecule has 232 valence electrons. The summed E-state index contributed by atoms with van der Waals surface area (Å²) in [4.78, 5) is 16.9. The minimum atomic E-state index is -4.53. The average Bonchev–Trinajstić information content (AvgIpc) is 3.48. The Bertz CT molecular complexity index is 1630. The van der Waals surface area contributed by atoms with Gasteiger partial charge >= 0.3 is 13.7 Å². The Morgan fingerprint density at radius 1 is 1.14 bits per heavy atom. The highest BCUT2D eigenvalue weighted by Crippen LogP contribution is 2.46. The number of nitrogens with two attached hydrogens (primary N) is 1. The Morgan fingerprint density at radius 3 is 2.45 bits per heavy atom. The van der Waals surface area contributed by atoms with E-state index in [1.165, 1.54) is 35.1 Å². The molecule has 0 bridgehead atoms. The van der Waals surface area contributed by atoms with Gasteiger partial charge in [-0.2, -0.15) is 15.4 Å². The summed E-state index contributed by atoms with van der Waals surface area (Å²) in [6, 6.07) is 20.6. The van der Waals surface area contributed by atoms with Gasteiger partial charge in [-0.15, -0.1) is 0 Å². The lowest BCUT2D eigenvalue weighted by Gasteiger charge is -2.34. The van der Waals surface area contributed by atoms with Crippen LogP contribution in [0, 0.1) is 11.3 Å². The van der Waals surface area contributed by atoms with Gasteiger partial charge < -0.3 is 29.9 Å². The molecule has 1 unspecified atom stereocenters. The van der Waals surface area contributed by atoms with Crippen LogP contribution < -0.4 is 15.3 Å². The first-order valence-electron chi connectivity index (χ1n) is 13.5. The largest absolute Gasteiger partial charge is 0.465 e. The van der Waals surface area contributed by atoms with Crippen molar-refractivity contribution in [2.45, 2.75) is 37.2 Å². The number of hydrogen-bond acceptors (Lipinski definition) is 12. The van der Waals surface area contributed by atoms with E-state index >= 15 is 0 Å². The Morgan fingerprint density at radius 2 is 1.82 bits per heavy atom. The van der Waals surface area contributed by atoms with Gasteiger partial charge in [-0.3, -0.25) is 9.32 Å². The second-order valence-electron chi connectivity index (χ2n) is 9.59. The van der Waals surface area contributed by atoms with Crippen LogP contribution in [0.5, 0.6) is 5.75 Å². The number of carbonyl (C=O) groups is 1. The number of nitriles is 1. The third kappa shape index (κ3) is 7.40. The average molecular weight is 625 g/mol. The molecule has 0 aliphatic heterocycles. The lowest BCUT2D eigenvalue weighted by atomic mass is 9.93. The van der Waals surface area contributed by atoms with E-state index in [9.17, 15) is 24.8 Å². The van der Waals surface area contributed by atoms with Crippen molar-refractivity contribution in [1.82, 2.24) is 19.7 Å². The highest BCUT2D eigenvalue weighted by atomic mass is 31.2. The first-order valence-corrected chi connectivity index (χ1v) is 15.1. The maximum Gasteiger partial charge on any atom is 0.459 e. The number of anilines is 1. The molecule has 2 aromatic carbocycles. The Balaban J connectivity index is 1.64. The van der Waals surface area contributed by atoms with E-state index in [0.29, 0.717) is 5.52 Å². The summed E-state index contributed by atoms with van der Waals surface area (Å²) in [6.45, 7) is 0.832. The Hall–Kier alpha value is -4.35. The second-order valence-corrected chi connectivity index (χ2v) is 11.3. The van der Waals surface area contributed by atoms with E-state index in [-0.39, 0.29) is 30.3 Å². The normalized spacial score (nSPS) is 16.2. The summed E-state index contributed by atoms with van der Waals surface area (Å²) >= 11 is 0. The SMILES string of the molecule is CCOC(=O)[C@H](Cc1ccccc1)NP(=O)(OC[C@@](C#N)(OC)[C@@H](O)[C@@H](O)c1ccc2c(N)ncnn12)Oc1ccccc1. The molecule has 5 atom stereocenters. The molecule has 15 heteroatoms. The van der Waals surface area contributed by atoms with Crippen molar-refractivity contribution >= 4 is 25.1 Å². The van der Waals surface area contributed by atoms with Crippen LogP contribution in [0.1, 0.15) is 24.3 Å². The summed E-state index contributed by atoms with van der Waals surface area (Å²) in [5, 5.41) is 39.3. The number of nitrogen functional groups attached to an aromatic ring is 1. The summed E-state index contributed by atoms with van der Waals surface area (Å²) in [7, 11) is -3.41. The molecule has 0 fully saturated rings. The molecule has 14 nitrogen and oxygen atoms in total. The zero-order chi connectivity index (χ0) is 31.7. The van der Waals surface area contributed by atoms with Gasteiger partial charge in [0, 0.05) is 7.11 Å². The molecule has 0 aliphatic carbocycles. The van der Waals surface area contributed by atoms with Crippen molar-refractivity contribution in [1.29, 1.82) is 5.26 Å². The van der Waals surface area contributed by atoms with Crippen molar-refractivity contribution in [3.05, 3.63) is 90.4 Å². The highest BCUT2D eigenvalue weighted by molar-refractivity contribution is 7.52. The number of rotatable bonds is 15. The van der Waals surface area contributed by atoms with E-state index < -0.39 is 44.2 Å². The number of nitrogens with one attached hydrogen (secondary N) is 1. The predicted molar refractivity (Wildman–Crippen MR) is 158 cm³/mol. The third-order valence-electron chi connectivity index (χ3n) is 6.73. The molecule has 0 amide bonds. The second kappa shape index (κ2) is 14.4. The highest BCUT2D eigenvalue weighted by Gasteiger charge is 2.47. The summed E-state index contributed by atoms with van der Waals surface area (Å²) in [6.07, 6.45) is -2.48. The minimum absolute atomic E-state index is 0.0620. The number of carbonyl (C=O) groups excluding carboxylic acids is 1. The molecular formula is C29H33N6O8P. The maximum atomic E-state index is 14.3. The third-order valence-corrected chi connectivity index (χ3v) is 8.28. The standard InChI is InChI=1S/C29H33N6O8P/c1-3-41-28(38)22(16-20-10-6-4-7-11-20)34-44(39,43-21-12-8-5-9-13-21)42-18-29(17-30,40-2)26(37)25(36)23-14-15-24-27(31)32-19-33-35(23)24/h4-15,19,22,25-26,36-37H,3,16,18H2,1-2H3,(H,34,39)(H2,31,32,33)/t22-,25-,26-,29+,44?/m0/s1. The number of ether oxygens (including phenoxy) is 2. The van der Waals surface area contributed by atoms with Crippen LogP contribution in [0.15, 0.2) is 79.1 Å². The zero-order valence-electron chi connectivity index (χ0n) is 24.0. The van der Waals surface area contributed by atoms with E-state index in [1.54, 1.807) is 49.4 Å². The molecule has 5 N–H and O–H groups in total. The first kappa shape index (κ1) is 32.6. The minimum Gasteiger partial charge on any atom is -0.465 e.